The van der Waals surface area contributed by atoms with Crippen LogP contribution < -0.4 is 9.47 Å². The molecule has 1 atom stereocenters. The van der Waals surface area contributed by atoms with Gasteiger partial charge in [0, 0.05) is 5.56 Å². The van der Waals surface area contributed by atoms with Gasteiger partial charge < -0.3 is 14.6 Å². The molecule has 1 aromatic rings. The molecular formula is C15H18F2O4. The van der Waals surface area contributed by atoms with Gasteiger partial charge in [0.2, 0.25) is 0 Å². The normalized spacial score (nSPS) is 15.9. The first-order chi connectivity index (χ1) is 9.97. The summed E-state index contributed by atoms with van der Waals surface area (Å²) in [5.41, 5.74) is 0.179. The molecule has 1 unspecified atom stereocenters. The molecule has 1 aliphatic rings. The fourth-order valence-corrected chi connectivity index (χ4v) is 2.64. The van der Waals surface area contributed by atoms with Gasteiger partial charge in [0.05, 0.1) is 20.6 Å². The van der Waals surface area contributed by atoms with Gasteiger partial charge in [-0.1, -0.05) is 0 Å². The zero-order valence-corrected chi connectivity index (χ0v) is 11.9. The van der Waals surface area contributed by atoms with Gasteiger partial charge in [-0.15, -0.1) is 0 Å². The number of ether oxygens (including phenoxy) is 2. The van der Waals surface area contributed by atoms with Crippen molar-refractivity contribution in [1.29, 1.82) is 0 Å². The summed E-state index contributed by atoms with van der Waals surface area (Å²) in [5, 5.41) is 9.04. The third-order valence-electron chi connectivity index (χ3n) is 3.81. The molecule has 0 radical (unpaired) electrons. The van der Waals surface area contributed by atoms with Crippen LogP contribution in [0.4, 0.5) is 8.78 Å². The van der Waals surface area contributed by atoms with Gasteiger partial charge in [0.1, 0.15) is 0 Å². The predicted molar refractivity (Wildman–Crippen MR) is 72.2 cm³/mol. The minimum atomic E-state index is -2.69. The number of carboxylic acids is 1. The maximum atomic E-state index is 13.3. The van der Waals surface area contributed by atoms with E-state index in [0.717, 1.165) is 12.8 Å². The van der Waals surface area contributed by atoms with Gasteiger partial charge in [0.25, 0.3) is 6.43 Å². The van der Waals surface area contributed by atoms with Crippen LogP contribution in [0.3, 0.4) is 0 Å². The first-order valence-electron chi connectivity index (χ1n) is 6.73. The zero-order chi connectivity index (χ0) is 15.6. The lowest BCUT2D eigenvalue weighted by molar-refractivity contribution is -0.137. The maximum absolute atomic E-state index is 13.3. The number of hydrogen-bond acceptors (Lipinski definition) is 3. The van der Waals surface area contributed by atoms with Crippen LogP contribution in [0.5, 0.6) is 11.5 Å². The highest BCUT2D eigenvalue weighted by molar-refractivity contribution is 5.68. The van der Waals surface area contributed by atoms with E-state index in [9.17, 15) is 13.6 Å². The summed E-state index contributed by atoms with van der Waals surface area (Å²) in [6.45, 7) is 0. The molecule has 21 heavy (non-hydrogen) atoms. The Kier molecular flexibility index (Phi) is 4.65. The fourth-order valence-electron chi connectivity index (χ4n) is 2.64. The Bertz CT molecular complexity index is 527. The van der Waals surface area contributed by atoms with E-state index >= 15 is 0 Å². The largest absolute Gasteiger partial charge is 0.493 e. The SMILES string of the molecule is COc1cc(C(F)F)c(C(CC(=O)O)C2CC2)cc1OC. The van der Waals surface area contributed by atoms with Crippen LogP contribution in [0.2, 0.25) is 0 Å². The molecule has 0 bridgehead atoms. The second kappa shape index (κ2) is 6.28. The minimum absolute atomic E-state index is 0.150. The van der Waals surface area contributed by atoms with Gasteiger partial charge >= 0.3 is 5.97 Å². The third kappa shape index (κ3) is 3.43. The highest BCUT2D eigenvalue weighted by Gasteiger charge is 2.36. The lowest BCUT2D eigenvalue weighted by atomic mass is 9.87. The second-order valence-corrected chi connectivity index (χ2v) is 5.18. The van der Waals surface area contributed by atoms with E-state index < -0.39 is 18.3 Å². The molecule has 6 heteroatoms. The zero-order valence-electron chi connectivity index (χ0n) is 11.9. The fraction of sp³-hybridized carbons (Fsp3) is 0.533. The summed E-state index contributed by atoms with van der Waals surface area (Å²) in [4.78, 5) is 11.0. The Hall–Kier alpha value is -1.85. The molecule has 1 aromatic carbocycles. The van der Waals surface area contributed by atoms with Crippen molar-refractivity contribution >= 4 is 5.97 Å². The molecule has 1 fully saturated rings. The number of benzene rings is 1. The molecular weight excluding hydrogens is 282 g/mol. The van der Waals surface area contributed by atoms with E-state index in [0.29, 0.717) is 11.3 Å². The molecule has 0 aromatic heterocycles. The first kappa shape index (κ1) is 15.5. The smallest absolute Gasteiger partial charge is 0.303 e. The Labute approximate surface area is 121 Å². The van der Waals surface area contributed by atoms with Gasteiger partial charge in [-0.25, -0.2) is 8.78 Å². The summed E-state index contributed by atoms with van der Waals surface area (Å²) in [5.74, 6) is -0.681. The van der Waals surface area contributed by atoms with Crippen molar-refractivity contribution in [3.8, 4) is 11.5 Å². The third-order valence-corrected chi connectivity index (χ3v) is 3.81. The van der Waals surface area contributed by atoms with Crippen LogP contribution in [0.15, 0.2) is 12.1 Å². The van der Waals surface area contributed by atoms with Gasteiger partial charge in [-0.2, -0.15) is 0 Å². The van der Waals surface area contributed by atoms with Crippen LogP contribution in [0.25, 0.3) is 0 Å². The number of halogens is 2. The van der Waals surface area contributed by atoms with Crippen LogP contribution in [-0.2, 0) is 4.79 Å². The Morgan fingerprint density at radius 3 is 2.14 bits per heavy atom. The molecule has 4 nitrogen and oxygen atoms in total. The summed E-state index contributed by atoms with van der Waals surface area (Å²) in [6, 6.07) is 2.74. The standard InChI is InChI=1S/C15H18F2O4/c1-20-12-5-10(9(7-14(18)19)8-3-4-8)11(15(16)17)6-13(12)21-2/h5-6,8-9,15H,3-4,7H2,1-2H3,(H,18,19). The topological polar surface area (TPSA) is 55.8 Å². The molecule has 0 heterocycles. The van der Waals surface area contributed by atoms with Crippen LogP contribution >= 0.6 is 0 Å². The highest BCUT2D eigenvalue weighted by Crippen LogP contribution is 2.48. The summed E-state index contributed by atoms with van der Waals surface area (Å²) in [7, 11) is 2.80. The van der Waals surface area contributed by atoms with Crippen molar-refractivity contribution in [2.24, 2.45) is 5.92 Å². The molecule has 0 spiro atoms. The number of carboxylic acid groups (broad SMARTS) is 1. The van der Waals surface area contributed by atoms with E-state index in [1.807, 2.05) is 0 Å². The summed E-state index contributed by atoms with van der Waals surface area (Å²) < 4.78 is 36.8. The second-order valence-electron chi connectivity index (χ2n) is 5.18. The number of methoxy groups -OCH3 is 2. The molecule has 0 aliphatic heterocycles. The molecule has 0 amide bonds. The molecule has 0 saturated heterocycles. The average molecular weight is 300 g/mol. The van der Waals surface area contributed by atoms with Gasteiger partial charge in [-0.3, -0.25) is 4.79 Å². The van der Waals surface area contributed by atoms with Gasteiger partial charge in [0.15, 0.2) is 11.5 Å². The molecule has 2 rings (SSSR count). The van der Waals surface area contributed by atoms with E-state index in [1.54, 1.807) is 0 Å². The lowest BCUT2D eigenvalue weighted by Gasteiger charge is -2.21. The first-order valence-corrected chi connectivity index (χ1v) is 6.73. The monoisotopic (exact) mass is 300 g/mol. The van der Waals surface area contributed by atoms with Gasteiger partial charge in [-0.05, 0) is 42.4 Å². The Morgan fingerprint density at radius 1 is 1.24 bits per heavy atom. The van der Waals surface area contributed by atoms with Crippen molar-refractivity contribution in [2.45, 2.75) is 31.6 Å². The molecule has 1 saturated carbocycles. The Morgan fingerprint density at radius 2 is 1.76 bits per heavy atom. The van der Waals surface area contributed by atoms with Crippen LogP contribution in [-0.4, -0.2) is 25.3 Å². The quantitative estimate of drug-likeness (QED) is 0.835. The molecule has 1 aliphatic carbocycles. The van der Waals surface area contributed by atoms with Crippen molar-refractivity contribution in [1.82, 2.24) is 0 Å². The maximum Gasteiger partial charge on any atom is 0.303 e. The van der Waals surface area contributed by atoms with Crippen molar-refractivity contribution in [2.75, 3.05) is 14.2 Å². The lowest BCUT2D eigenvalue weighted by Crippen LogP contribution is -2.11. The van der Waals surface area contributed by atoms with E-state index in [-0.39, 0.29) is 23.7 Å². The average Bonchev–Trinajstić information content (AvgIpc) is 3.27. The number of hydrogen-bond donors (Lipinski definition) is 1. The Balaban J connectivity index is 2.50. The van der Waals surface area contributed by atoms with Crippen LogP contribution in [0, 0.1) is 5.92 Å². The van der Waals surface area contributed by atoms with Crippen LogP contribution in [0.1, 0.15) is 42.7 Å². The van der Waals surface area contributed by atoms with E-state index in [1.165, 1.54) is 26.4 Å². The number of aliphatic carboxylic acids is 1. The minimum Gasteiger partial charge on any atom is -0.493 e. The number of alkyl halides is 2. The van der Waals surface area contributed by atoms with Crippen molar-refractivity contribution < 1.29 is 28.2 Å². The summed E-state index contributed by atoms with van der Waals surface area (Å²) in [6.07, 6.45) is -1.10. The predicted octanol–water partition coefficient (Wildman–Crippen LogP) is 3.61. The number of carbonyl (C=O) groups is 1. The highest BCUT2D eigenvalue weighted by atomic mass is 19.3. The molecule has 116 valence electrons. The van der Waals surface area contributed by atoms with Crippen molar-refractivity contribution in [3.63, 3.8) is 0 Å². The summed E-state index contributed by atoms with van der Waals surface area (Å²) >= 11 is 0. The molecule has 1 N–H and O–H groups in total. The van der Waals surface area contributed by atoms with E-state index in [4.69, 9.17) is 14.6 Å². The number of rotatable bonds is 7. The van der Waals surface area contributed by atoms with E-state index in [2.05, 4.69) is 0 Å². The van der Waals surface area contributed by atoms with Crippen molar-refractivity contribution in [3.05, 3.63) is 23.3 Å².